The Labute approximate surface area is 136 Å². The van der Waals surface area contributed by atoms with E-state index in [2.05, 4.69) is 20.9 Å². The van der Waals surface area contributed by atoms with Gasteiger partial charge >= 0.3 is 0 Å². The quantitative estimate of drug-likeness (QED) is 0.650. The van der Waals surface area contributed by atoms with Crippen molar-refractivity contribution in [3.63, 3.8) is 0 Å². The lowest BCUT2D eigenvalue weighted by atomic mass is 10.1. The number of rotatable bonds is 5. The number of pyridine rings is 1. The molecule has 1 aromatic heterocycles. The number of hydrogen-bond acceptors (Lipinski definition) is 5. The molecule has 0 atom stereocenters. The molecule has 0 fully saturated rings. The van der Waals surface area contributed by atoms with E-state index in [1.165, 1.54) is 32.6 Å². The van der Waals surface area contributed by atoms with E-state index in [-0.39, 0.29) is 11.5 Å². The number of carbonyl (C=O) groups is 1. The molecule has 0 amide bonds. The number of nitrogens with zero attached hydrogens (tertiary/aromatic N) is 1. The maximum absolute atomic E-state index is 12.1. The normalized spacial score (nSPS) is 10.7. The van der Waals surface area contributed by atoms with Gasteiger partial charge < -0.3 is 14.6 Å². The summed E-state index contributed by atoms with van der Waals surface area (Å²) in [5.41, 5.74) is 0.902. The molecular weight excluding hydrogens is 350 g/mol. The molecule has 2 rings (SSSR count). The first kappa shape index (κ1) is 16.0. The van der Waals surface area contributed by atoms with E-state index < -0.39 is 0 Å². The number of ether oxygens (including phenoxy) is 2. The van der Waals surface area contributed by atoms with Crippen LogP contribution in [0.3, 0.4) is 0 Å². The Morgan fingerprint density at radius 1 is 1.27 bits per heavy atom. The molecule has 0 aliphatic rings. The van der Waals surface area contributed by atoms with E-state index in [0.29, 0.717) is 22.8 Å². The third kappa shape index (κ3) is 3.65. The third-order valence-electron chi connectivity index (χ3n) is 2.93. The van der Waals surface area contributed by atoms with Gasteiger partial charge in [0.1, 0.15) is 0 Å². The number of aromatic hydroxyl groups is 1. The summed E-state index contributed by atoms with van der Waals surface area (Å²) in [6, 6.07) is 6.57. The number of methoxy groups -OCH3 is 2. The van der Waals surface area contributed by atoms with E-state index in [1.807, 2.05) is 0 Å². The number of aromatic nitrogens is 1. The van der Waals surface area contributed by atoms with Crippen LogP contribution in [0.2, 0.25) is 0 Å². The van der Waals surface area contributed by atoms with E-state index >= 15 is 0 Å². The lowest BCUT2D eigenvalue weighted by Gasteiger charge is -2.07. The Kier molecular flexibility index (Phi) is 5.16. The zero-order valence-corrected chi connectivity index (χ0v) is 13.6. The van der Waals surface area contributed by atoms with Crippen LogP contribution in [0.25, 0.3) is 6.08 Å². The molecule has 22 heavy (non-hydrogen) atoms. The van der Waals surface area contributed by atoms with Gasteiger partial charge in [0.25, 0.3) is 0 Å². The van der Waals surface area contributed by atoms with E-state index in [9.17, 15) is 9.90 Å². The van der Waals surface area contributed by atoms with Crippen LogP contribution in [0.4, 0.5) is 0 Å². The summed E-state index contributed by atoms with van der Waals surface area (Å²) in [7, 11) is 2.97. The molecule has 0 saturated carbocycles. The van der Waals surface area contributed by atoms with Crippen molar-refractivity contribution in [1.29, 1.82) is 0 Å². The Hall–Kier alpha value is -2.34. The Balaban J connectivity index is 2.24. The van der Waals surface area contributed by atoms with Crippen LogP contribution in [0.1, 0.15) is 15.9 Å². The highest BCUT2D eigenvalue weighted by molar-refractivity contribution is 9.10. The van der Waals surface area contributed by atoms with E-state index in [0.717, 1.165) is 4.47 Å². The topological polar surface area (TPSA) is 68.7 Å². The van der Waals surface area contributed by atoms with Gasteiger partial charge in [0, 0.05) is 27.9 Å². The van der Waals surface area contributed by atoms with Crippen LogP contribution in [0.5, 0.6) is 17.4 Å². The molecule has 0 aliphatic carbocycles. The SMILES string of the molecule is COc1ccc(C(=O)C=Cc2cc(Br)cc(OC)c2O)cn1. The molecule has 5 nitrogen and oxygen atoms in total. The fourth-order valence-corrected chi connectivity index (χ4v) is 2.24. The van der Waals surface area contributed by atoms with Crippen molar-refractivity contribution in [3.05, 3.63) is 52.1 Å². The second-order valence-corrected chi connectivity index (χ2v) is 5.25. The number of phenols is 1. The molecule has 0 spiro atoms. The van der Waals surface area contributed by atoms with Crippen molar-refractivity contribution in [2.24, 2.45) is 0 Å². The third-order valence-corrected chi connectivity index (χ3v) is 3.39. The Morgan fingerprint density at radius 2 is 2.05 bits per heavy atom. The lowest BCUT2D eigenvalue weighted by molar-refractivity contribution is 0.104. The summed E-state index contributed by atoms with van der Waals surface area (Å²) in [6.07, 6.45) is 4.33. The molecule has 2 aromatic rings. The monoisotopic (exact) mass is 363 g/mol. The molecule has 0 radical (unpaired) electrons. The second kappa shape index (κ2) is 7.09. The predicted octanol–water partition coefficient (Wildman–Crippen LogP) is 3.46. The molecule has 1 heterocycles. The minimum absolute atomic E-state index is 0.0254. The second-order valence-electron chi connectivity index (χ2n) is 4.33. The van der Waals surface area contributed by atoms with E-state index in [1.54, 1.807) is 24.3 Å². The molecule has 0 aliphatic heterocycles. The van der Waals surface area contributed by atoms with Crippen molar-refractivity contribution in [2.45, 2.75) is 0 Å². The molecule has 1 N–H and O–H groups in total. The van der Waals surface area contributed by atoms with Gasteiger partial charge in [0.05, 0.1) is 14.2 Å². The number of hydrogen-bond donors (Lipinski definition) is 1. The fourth-order valence-electron chi connectivity index (χ4n) is 1.79. The summed E-state index contributed by atoms with van der Waals surface area (Å²) in [5.74, 6) is 0.513. The molecule has 0 unspecified atom stereocenters. The average molecular weight is 364 g/mol. The number of benzene rings is 1. The zero-order valence-electron chi connectivity index (χ0n) is 12.0. The average Bonchev–Trinajstić information content (AvgIpc) is 2.55. The van der Waals surface area contributed by atoms with Crippen LogP contribution < -0.4 is 9.47 Å². The molecule has 6 heteroatoms. The highest BCUT2D eigenvalue weighted by Crippen LogP contribution is 2.34. The van der Waals surface area contributed by atoms with Crippen LogP contribution in [0, 0.1) is 0 Å². The summed E-state index contributed by atoms with van der Waals surface area (Å²) in [4.78, 5) is 16.1. The number of ketones is 1. The highest BCUT2D eigenvalue weighted by Gasteiger charge is 2.09. The number of phenolic OH excluding ortho intramolecular Hbond substituents is 1. The lowest BCUT2D eigenvalue weighted by Crippen LogP contribution is -1.96. The fraction of sp³-hybridized carbons (Fsp3) is 0.125. The van der Waals surface area contributed by atoms with Gasteiger partial charge in [-0.15, -0.1) is 0 Å². The van der Waals surface area contributed by atoms with Gasteiger partial charge in [-0.2, -0.15) is 0 Å². The first-order valence-electron chi connectivity index (χ1n) is 6.34. The molecule has 0 saturated heterocycles. The maximum atomic E-state index is 12.1. The largest absolute Gasteiger partial charge is 0.504 e. The van der Waals surface area contributed by atoms with Crippen LogP contribution >= 0.6 is 15.9 Å². The minimum Gasteiger partial charge on any atom is -0.504 e. The maximum Gasteiger partial charge on any atom is 0.212 e. The molecule has 114 valence electrons. The van der Waals surface area contributed by atoms with Gasteiger partial charge in [-0.1, -0.05) is 15.9 Å². The highest BCUT2D eigenvalue weighted by atomic mass is 79.9. The minimum atomic E-state index is -0.228. The Bertz CT molecular complexity index is 711. The standard InChI is InChI=1S/C16H14BrNO4/c1-21-14-8-12(17)7-10(16(14)20)3-5-13(19)11-4-6-15(22-2)18-9-11/h3-9,20H,1-2H3. The smallest absolute Gasteiger partial charge is 0.212 e. The zero-order chi connectivity index (χ0) is 16.1. The predicted molar refractivity (Wildman–Crippen MR) is 86.5 cm³/mol. The van der Waals surface area contributed by atoms with Gasteiger partial charge in [0.2, 0.25) is 5.88 Å². The molecule has 1 aromatic carbocycles. The summed E-state index contributed by atoms with van der Waals surface area (Å²) in [5, 5.41) is 10.0. The molecular formula is C16H14BrNO4. The summed E-state index contributed by atoms with van der Waals surface area (Å²) < 4.78 is 10.7. The number of carbonyl (C=O) groups excluding carboxylic acids is 1. The van der Waals surface area contributed by atoms with Crippen molar-refractivity contribution < 1.29 is 19.4 Å². The van der Waals surface area contributed by atoms with Crippen molar-refractivity contribution in [1.82, 2.24) is 4.98 Å². The van der Waals surface area contributed by atoms with Gasteiger partial charge in [0.15, 0.2) is 17.3 Å². The first-order chi connectivity index (χ1) is 10.5. The summed E-state index contributed by atoms with van der Waals surface area (Å²) in [6.45, 7) is 0. The van der Waals surface area contributed by atoms with E-state index in [4.69, 9.17) is 9.47 Å². The van der Waals surface area contributed by atoms with Crippen molar-refractivity contribution in [2.75, 3.05) is 14.2 Å². The molecule has 0 bridgehead atoms. The van der Waals surface area contributed by atoms with Crippen LogP contribution in [-0.2, 0) is 0 Å². The first-order valence-corrected chi connectivity index (χ1v) is 7.13. The Morgan fingerprint density at radius 3 is 2.64 bits per heavy atom. The van der Waals surface area contributed by atoms with Gasteiger partial charge in [-0.25, -0.2) is 4.98 Å². The van der Waals surface area contributed by atoms with Crippen LogP contribution in [-0.4, -0.2) is 30.1 Å². The number of halogens is 1. The van der Waals surface area contributed by atoms with Gasteiger partial charge in [-0.05, 0) is 30.4 Å². The number of allylic oxidation sites excluding steroid dienone is 1. The van der Waals surface area contributed by atoms with Crippen LogP contribution in [0.15, 0.2) is 41.0 Å². The van der Waals surface area contributed by atoms with Crippen molar-refractivity contribution in [3.8, 4) is 17.4 Å². The summed E-state index contributed by atoms with van der Waals surface area (Å²) >= 11 is 3.32. The van der Waals surface area contributed by atoms with Gasteiger partial charge in [-0.3, -0.25) is 4.79 Å². The van der Waals surface area contributed by atoms with Crippen molar-refractivity contribution >= 4 is 27.8 Å².